The van der Waals surface area contributed by atoms with Crippen LogP contribution in [0.4, 0.5) is 5.69 Å². The summed E-state index contributed by atoms with van der Waals surface area (Å²) in [6.07, 6.45) is 7.33. The maximum atomic E-state index is 7.00. The Bertz CT molecular complexity index is 1070. The zero-order valence-electron chi connectivity index (χ0n) is 24.6. The molecule has 0 spiro atoms. The minimum absolute atomic E-state index is 0.230. The molecule has 0 aromatic heterocycles. The monoisotopic (exact) mass is 645 g/mol. The standard InChI is InChI=1S/C29H43N4O3.2CH3.Sn/c1-4-34-27-17-29(36-6-3)28(35-5-2)16-23(27)19-32-18-21-11-13-25(14-12-21)33(31)20-24(30)15-22-9-7-8-10-26(22)33;;;/h7-10,16-17,20-21,25,32H,4-6,11-15,18-19,30-31H2,1-3H3;2*1H3;/q+1;;;. The molecule has 1 aliphatic heterocycles. The third kappa shape index (κ3) is 8.28. The van der Waals surface area contributed by atoms with Gasteiger partial charge >= 0.3 is 31.0 Å². The van der Waals surface area contributed by atoms with E-state index in [0.29, 0.717) is 36.4 Å². The van der Waals surface area contributed by atoms with Crippen molar-refractivity contribution in [3.8, 4) is 17.2 Å². The van der Waals surface area contributed by atoms with Crippen LogP contribution < -0.4 is 35.7 Å². The SMILES string of the molecule is CCOc1cc(OCC)c(OCC)cc1CNCC1CCC([N+]2(N)C=C(N)Cc3ccccc32)CC1.[CH3][Sn][CH3]. The van der Waals surface area contributed by atoms with Gasteiger partial charge in [-0.3, -0.25) is 0 Å². The van der Waals surface area contributed by atoms with Crippen LogP contribution in [-0.2, 0) is 13.0 Å². The summed E-state index contributed by atoms with van der Waals surface area (Å²) in [7, 11) is 0. The molecule has 0 saturated heterocycles. The van der Waals surface area contributed by atoms with Crippen LogP contribution in [0.3, 0.4) is 0 Å². The number of hydrogen-bond acceptors (Lipinski definition) is 6. The van der Waals surface area contributed by atoms with E-state index in [-0.39, 0.29) is 21.1 Å². The van der Waals surface area contributed by atoms with Crippen molar-refractivity contribution in [2.75, 3.05) is 26.4 Å². The van der Waals surface area contributed by atoms with Gasteiger partial charge in [-0.05, 0) is 52.1 Å². The van der Waals surface area contributed by atoms with E-state index in [0.717, 1.165) is 73.7 Å². The van der Waals surface area contributed by atoms with Crippen molar-refractivity contribution in [2.45, 2.75) is 75.3 Å². The van der Waals surface area contributed by atoms with Crippen molar-refractivity contribution in [2.24, 2.45) is 17.5 Å². The Morgan fingerprint density at radius 2 is 1.49 bits per heavy atom. The zero-order chi connectivity index (χ0) is 28.3. The molecule has 1 saturated carbocycles. The Kier molecular flexibility index (Phi) is 12.7. The van der Waals surface area contributed by atoms with E-state index in [1.54, 1.807) is 0 Å². The van der Waals surface area contributed by atoms with Gasteiger partial charge in [-0.25, -0.2) is 0 Å². The number of ether oxygens (including phenoxy) is 3. The second kappa shape index (κ2) is 15.7. The molecule has 1 unspecified atom stereocenters. The molecule has 1 aliphatic carbocycles. The number of nitrogens with two attached hydrogens (primary N) is 2. The van der Waals surface area contributed by atoms with Crippen LogP contribution in [-0.4, -0.2) is 53.5 Å². The van der Waals surface area contributed by atoms with Gasteiger partial charge in [0, 0.05) is 49.1 Å². The van der Waals surface area contributed by atoms with E-state index < -0.39 is 0 Å². The number of hydrogen-bond donors (Lipinski definition) is 3. The van der Waals surface area contributed by atoms with Gasteiger partial charge in [-0.15, -0.1) is 0 Å². The van der Waals surface area contributed by atoms with E-state index >= 15 is 0 Å². The van der Waals surface area contributed by atoms with E-state index in [9.17, 15) is 0 Å². The number of benzene rings is 2. The van der Waals surface area contributed by atoms with Crippen molar-refractivity contribution in [3.63, 3.8) is 0 Å². The van der Waals surface area contributed by atoms with Crippen LogP contribution in [0, 0.1) is 5.92 Å². The number of fused-ring (bicyclic) bond motifs is 1. The Morgan fingerprint density at radius 1 is 0.897 bits per heavy atom. The average molecular weight is 644 g/mol. The number of nitrogens with zero attached hydrogens (tertiary/aromatic N) is 1. The van der Waals surface area contributed by atoms with E-state index in [1.165, 1.54) is 11.3 Å². The number of quaternary nitrogens is 1. The second-order valence-corrected chi connectivity index (χ2v) is 13.2. The average Bonchev–Trinajstić information content (AvgIpc) is 2.92. The molecule has 2 aromatic rings. The van der Waals surface area contributed by atoms with Gasteiger partial charge < -0.3 is 25.3 Å². The van der Waals surface area contributed by atoms with Crippen molar-refractivity contribution < 1.29 is 14.2 Å². The van der Waals surface area contributed by atoms with Crippen molar-refractivity contribution in [3.05, 3.63) is 59.4 Å². The van der Waals surface area contributed by atoms with Gasteiger partial charge in [0.05, 0.1) is 25.5 Å². The molecular formula is C31H49N4O3Sn+. The second-order valence-electron chi connectivity index (χ2n) is 10.4. The predicted molar refractivity (Wildman–Crippen MR) is 163 cm³/mol. The van der Waals surface area contributed by atoms with Gasteiger partial charge in [-0.1, -0.05) is 18.2 Å². The minimum atomic E-state index is 0.230. The molecule has 39 heavy (non-hydrogen) atoms. The van der Waals surface area contributed by atoms with Gasteiger partial charge in [0.1, 0.15) is 18.0 Å². The first-order valence-corrected chi connectivity index (χ1v) is 20.2. The fourth-order valence-corrected chi connectivity index (χ4v) is 5.68. The molecule has 5 N–H and O–H groups in total. The van der Waals surface area contributed by atoms with Crippen molar-refractivity contribution >= 4 is 26.8 Å². The van der Waals surface area contributed by atoms with Gasteiger partial charge in [0.2, 0.25) is 0 Å². The summed E-state index contributed by atoms with van der Waals surface area (Å²) in [4.78, 5) is 4.59. The van der Waals surface area contributed by atoms with Crippen LogP contribution in [0.15, 0.2) is 48.3 Å². The van der Waals surface area contributed by atoms with Crippen molar-refractivity contribution in [1.82, 2.24) is 9.91 Å². The summed E-state index contributed by atoms with van der Waals surface area (Å²) in [5.41, 5.74) is 10.7. The van der Waals surface area contributed by atoms with E-state index in [2.05, 4.69) is 51.7 Å². The zero-order valence-corrected chi connectivity index (χ0v) is 27.4. The Labute approximate surface area is 246 Å². The van der Waals surface area contributed by atoms with Gasteiger partial charge in [-0.2, -0.15) is 10.4 Å². The van der Waals surface area contributed by atoms with Crippen LogP contribution in [0.2, 0.25) is 9.88 Å². The number of nitrogens with one attached hydrogen (secondary N) is 1. The number of allylic oxidation sites excluding steroid dienone is 1. The summed E-state index contributed by atoms with van der Waals surface area (Å²) in [6.45, 7) is 9.45. The topological polar surface area (TPSA) is 91.8 Å². The normalized spacial score (nSPS) is 22.2. The molecule has 2 aromatic carbocycles. The molecule has 2 radical (unpaired) electrons. The van der Waals surface area contributed by atoms with Crippen LogP contribution in [0.5, 0.6) is 17.2 Å². The fourth-order valence-electron chi connectivity index (χ4n) is 5.68. The molecule has 2 aliphatic rings. The first kappa shape index (κ1) is 31.6. The third-order valence-electron chi connectivity index (χ3n) is 7.38. The first-order chi connectivity index (χ1) is 18.9. The summed E-state index contributed by atoms with van der Waals surface area (Å²) in [6, 6.07) is 12.8. The number of para-hydroxylation sites is 1. The summed E-state index contributed by atoms with van der Waals surface area (Å²) >= 11 is 0.230. The number of rotatable bonds is 11. The molecule has 7 nitrogen and oxygen atoms in total. The molecule has 1 heterocycles. The van der Waals surface area contributed by atoms with Gasteiger partial charge in [0.15, 0.2) is 17.2 Å². The van der Waals surface area contributed by atoms with E-state index in [1.807, 2.05) is 26.8 Å². The molecule has 4 rings (SSSR count). The molecule has 1 atom stereocenters. The van der Waals surface area contributed by atoms with Crippen LogP contribution in [0.25, 0.3) is 0 Å². The molecule has 8 heteroatoms. The summed E-state index contributed by atoms with van der Waals surface area (Å²) in [5, 5.41) is 3.67. The quantitative estimate of drug-likeness (QED) is 0.169. The molecule has 214 valence electrons. The van der Waals surface area contributed by atoms with Gasteiger partial charge in [0.25, 0.3) is 0 Å². The first-order valence-electron chi connectivity index (χ1n) is 14.5. The Hall–Kier alpha value is -1.94. The molecule has 1 fully saturated rings. The predicted octanol–water partition coefficient (Wildman–Crippen LogP) is 5.56. The maximum absolute atomic E-state index is 7.00. The Morgan fingerprint density at radius 3 is 2.13 bits per heavy atom. The Balaban J connectivity index is 0.00000134. The molecule has 0 bridgehead atoms. The fraction of sp³-hybridized carbons (Fsp3) is 0.548. The third-order valence-corrected chi connectivity index (χ3v) is 7.38. The van der Waals surface area contributed by atoms with E-state index in [4.69, 9.17) is 25.8 Å². The summed E-state index contributed by atoms with van der Waals surface area (Å²) in [5.74, 6) is 9.98. The molecule has 0 amide bonds. The van der Waals surface area contributed by atoms with Crippen LogP contribution in [0.1, 0.15) is 57.6 Å². The van der Waals surface area contributed by atoms with Crippen LogP contribution >= 0.6 is 0 Å². The van der Waals surface area contributed by atoms with Crippen molar-refractivity contribution in [1.29, 1.82) is 0 Å². The molecular weight excluding hydrogens is 595 g/mol. The summed E-state index contributed by atoms with van der Waals surface area (Å²) < 4.78 is 17.9.